The average molecular weight is 290 g/mol. The molecule has 3 aromatic rings. The normalized spacial score (nSPS) is 12.1. The molecule has 0 aliphatic carbocycles. The minimum Gasteiger partial charge on any atom is -0.507 e. The van der Waals surface area contributed by atoms with Crippen LogP contribution < -0.4 is 5.30 Å². The predicted octanol–water partition coefficient (Wildman–Crippen LogP) is 2.21. The first kappa shape index (κ1) is 12.9. The van der Waals surface area contributed by atoms with Crippen molar-refractivity contribution in [1.82, 2.24) is 0 Å². The molecule has 0 saturated heterocycles. The quantitative estimate of drug-likeness (QED) is 0.407. The molecule has 3 rings (SSSR count). The molecular formula is C14H11O5P. The van der Waals surface area contributed by atoms with E-state index in [4.69, 9.17) is 0 Å². The second-order valence-electron chi connectivity index (χ2n) is 4.52. The third kappa shape index (κ3) is 1.84. The van der Waals surface area contributed by atoms with Gasteiger partial charge in [-0.25, -0.2) is 0 Å². The first-order valence-electron chi connectivity index (χ1n) is 5.82. The van der Waals surface area contributed by atoms with E-state index >= 15 is 0 Å². The van der Waals surface area contributed by atoms with Crippen LogP contribution in [0.2, 0.25) is 0 Å². The van der Waals surface area contributed by atoms with Gasteiger partial charge in [0.1, 0.15) is 11.5 Å². The van der Waals surface area contributed by atoms with E-state index in [1.54, 1.807) is 24.3 Å². The van der Waals surface area contributed by atoms with Gasteiger partial charge in [-0.1, -0.05) is 24.3 Å². The molecule has 0 saturated carbocycles. The predicted molar refractivity (Wildman–Crippen MR) is 76.5 cm³/mol. The molecule has 0 aromatic heterocycles. The molecule has 3 aromatic carbocycles. The second kappa shape index (κ2) is 4.21. The molecule has 0 atom stereocenters. The second-order valence-corrected chi connectivity index (χ2v) is 6.09. The Morgan fingerprint density at radius 2 is 1.45 bits per heavy atom. The van der Waals surface area contributed by atoms with E-state index in [2.05, 4.69) is 0 Å². The third-order valence-electron chi connectivity index (χ3n) is 3.25. The van der Waals surface area contributed by atoms with E-state index in [1.807, 2.05) is 0 Å². The molecule has 102 valence electrons. The highest BCUT2D eigenvalue weighted by Gasteiger charge is 2.23. The van der Waals surface area contributed by atoms with Crippen LogP contribution in [0.3, 0.4) is 0 Å². The van der Waals surface area contributed by atoms with Gasteiger partial charge >= 0.3 is 7.60 Å². The van der Waals surface area contributed by atoms with Gasteiger partial charge in [-0.2, -0.15) is 0 Å². The van der Waals surface area contributed by atoms with E-state index in [1.165, 1.54) is 18.2 Å². The summed E-state index contributed by atoms with van der Waals surface area (Å²) in [5, 5.41) is 21.3. The molecule has 0 unspecified atom stereocenters. The van der Waals surface area contributed by atoms with E-state index in [0.29, 0.717) is 10.8 Å². The number of aromatic hydroxyl groups is 2. The van der Waals surface area contributed by atoms with Crippen molar-refractivity contribution in [2.75, 3.05) is 0 Å². The SMILES string of the molecule is O=P(O)(O)c1cccc2cc3cccc(O)c3c(O)c12. The lowest BCUT2D eigenvalue weighted by Gasteiger charge is -2.12. The highest BCUT2D eigenvalue weighted by atomic mass is 31.2. The van der Waals surface area contributed by atoms with Crippen LogP contribution in [-0.4, -0.2) is 20.0 Å². The molecule has 6 heteroatoms. The number of phenolic OH excluding ortho intramolecular Hbond substituents is 2. The van der Waals surface area contributed by atoms with Gasteiger partial charge < -0.3 is 20.0 Å². The summed E-state index contributed by atoms with van der Waals surface area (Å²) in [6, 6.07) is 10.9. The fourth-order valence-electron chi connectivity index (χ4n) is 2.41. The molecule has 0 amide bonds. The van der Waals surface area contributed by atoms with Crippen molar-refractivity contribution in [2.24, 2.45) is 0 Å². The van der Waals surface area contributed by atoms with Crippen LogP contribution in [0.1, 0.15) is 0 Å². The smallest absolute Gasteiger partial charge is 0.356 e. The maximum Gasteiger partial charge on any atom is 0.356 e. The number of fused-ring (bicyclic) bond motifs is 2. The maximum atomic E-state index is 11.5. The zero-order valence-electron chi connectivity index (χ0n) is 10.2. The third-order valence-corrected chi connectivity index (χ3v) is 4.25. The van der Waals surface area contributed by atoms with Crippen molar-refractivity contribution >= 4 is 34.4 Å². The fourth-order valence-corrected chi connectivity index (χ4v) is 3.21. The minimum atomic E-state index is -4.53. The molecule has 0 spiro atoms. The zero-order chi connectivity index (χ0) is 14.5. The lowest BCUT2D eigenvalue weighted by molar-refractivity contribution is 0.387. The molecular weight excluding hydrogens is 279 g/mol. The fraction of sp³-hybridized carbons (Fsp3) is 0. The van der Waals surface area contributed by atoms with Crippen LogP contribution in [0.15, 0.2) is 42.5 Å². The lowest BCUT2D eigenvalue weighted by Crippen LogP contribution is -2.05. The van der Waals surface area contributed by atoms with Crippen LogP contribution in [0.4, 0.5) is 0 Å². The maximum absolute atomic E-state index is 11.5. The number of rotatable bonds is 1. The molecule has 5 nitrogen and oxygen atoms in total. The van der Waals surface area contributed by atoms with E-state index in [-0.39, 0.29) is 27.6 Å². The summed E-state index contributed by atoms with van der Waals surface area (Å²) in [4.78, 5) is 18.8. The lowest BCUT2D eigenvalue weighted by atomic mass is 10.0. The molecule has 0 bridgehead atoms. The summed E-state index contributed by atoms with van der Waals surface area (Å²) in [5.74, 6) is -0.461. The Bertz CT molecular complexity index is 881. The highest BCUT2D eigenvalue weighted by molar-refractivity contribution is 7.60. The Labute approximate surface area is 113 Å². The van der Waals surface area contributed by atoms with E-state index in [9.17, 15) is 24.6 Å². The minimum absolute atomic E-state index is 0.0647. The largest absolute Gasteiger partial charge is 0.507 e. The van der Waals surface area contributed by atoms with Gasteiger partial charge in [0.05, 0.1) is 10.7 Å². The Hall–Kier alpha value is -2.07. The summed E-state index contributed by atoms with van der Waals surface area (Å²) in [6.45, 7) is 0. The number of phenols is 2. The first-order valence-corrected chi connectivity index (χ1v) is 7.43. The van der Waals surface area contributed by atoms with Crippen LogP contribution in [0.5, 0.6) is 11.5 Å². The highest BCUT2D eigenvalue weighted by Crippen LogP contribution is 2.43. The van der Waals surface area contributed by atoms with Crippen LogP contribution >= 0.6 is 7.60 Å². The Morgan fingerprint density at radius 3 is 2.10 bits per heavy atom. The standard InChI is InChI=1S/C14H11O5P/c15-10-5-1-3-8-7-9-4-2-6-11(20(17,18)19)13(9)14(16)12(8)10/h1-7,15-16H,(H2,17,18,19). The van der Waals surface area contributed by atoms with Crippen LogP contribution in [0.25, 0.3) is 21.5 Å². The van der Waals surface area contributed by atoms with Crippen molar-refractivity contribution in [1.29, 1.82) is 0 Å². The monoisotopic (exact) mass is 290 g/mol. The van der Waals surface area contributed by atoms with Gasteiger partial charge in [-0.05, 0) is 29.0 Å². The number of hydrogen-bond acceptors (Lipinski definition) is 3. The summed E-state index contributed by atoms with van der Waals surface area (Å²) in [5.41, 5.74) is 0. The van der Waals surface area contributed by atoms with E-state index in [0.717, 1.165) is 0 Å². The molecule has 0 fully saturated rings. The van der Waals surface area contributed by atoms with Gasteiger partial charge in [0.15, 0.2) is 0 Å². The van der Waals surface area contributed by atoms with E-state index < -0.39 is 7.60 Å². The Kier molecular flexibility index (Phi) is 2.73. The van der Waals surface area contributed by atoms with Gasteiger partial charge in [0.2, 0.25) is 0 Å². The zero-order valence-corrected chi connectivity index (χ0v) is 11.1. The van der Waals surface area contributed by atoms with Gasteiger partial charge in [-0.15, -0.1) is 0 Å². The summed E-state index contributed by atoms with van der Waals surface area (Å²) < 4.78 is 11.5. The van der Waals surface area contributed by atoms with Crippen molar-refractivity contribution in [3.8, 4) is 11.5 Å². The van der Waals surface area contributed by atoms with Crippen LogP contribution in [-0.2, 0) is 4.57 Å². The Balaban J connectivity index is 2.60. The number of hydrogen-bond donors (Lipinski definition) is 4. The number of benzene rings is 3. The van der Waals surface area contributed by atoms with Crippen molar-refractivity contribution in [2.45, 2.75) is 0 Å². The summed E-state index contributed by atoms with van der Waals surface area (Å²) in [6.07, 6.45) is 0. The Morgan fingerprint density at radius 1 is 0.850 bits per heavy atom. The van der Waals surface area contributed by atoms with Crippen molar-refractivity contribution in [3.05, 3.63) is 42.5 Å². The molecule has 0 aliphatic heterocycles. The topological polar surface area (TPSA) is 98.0 Å². The average Bonchev–Trinajstić information content (AvgIpc) is 2.37. The van der Waals surface area contributed by atoms with Crippen molar-refractivity contribution in [3.63, 3.8) is 0 Å². The molecule has 0 aliphatic rings. The molecule has 0 radical (unpaired) electrons. The molecule has 4 N–H and O–H groups in total. The van der Waals surface area contributed by atoms with Gasteiger partial charge in [0, 0.05) is 5.39 Å². The van der Waals surface area contributed by atoms with Gasteiger partial charge in [0.25, 0.3) is 0 Å². The van der Waals surface area contributed by atoms with Crippen LogP contribution in [0, 0.1) is 0 Å². The molecule has 20 heavy (non-hydrogen) atoms. The van der Waals surface area contributed by atoms with Gasteiger partial charge in [-0.3, -0.25) is 4.57 Å². The summed E-state index contributed by atoms with van der Waals surface area (Å²) >= 11 is 0. The first-order chi connectivity index (χ1) is 9.39. The molecule has 0 heterocycles. The van der Waals surface area contributed by atoms with Crippen molar-refractivity contribution < 1.29 is 24.6 Å². The summed E-state index contributed by atoms with van der Waals surface area (Å²) in [7, 11) is -4.53.